The summed E-state index contributed by atoms with van der Waals surface area (Å²) in [6.07, 6.45) is 5.01. The van der Waals surface area contributed by atoms with E-state index in [1.165, 1.54) is 0 Å². The van der Waals surface area contributed by atoms with Crippen molar-refractivity contribution in [1.29, 1.82) is 0 Å². The van der Waals surface area contributed by atoms with Crippen molar-refractivity contribution in [2.24, 2.45) is 11.8 Å². The summed E-state index contributed by atoms with van der Waals surface area (Å²) in [7, 11) is 0. The van der Waals surface area contributed by atoms with Crippen LogP contribution in [0.25, 0.3) is 0 Å². The SMILES string of the molecule is CC(C(=O)NC1(C(=O)O)CCCCCC1)C1CNC1. The van der Waals surface area contributed by atoms with E-state index < -0.39 is 11.5 Å². The van der Waals surface area contributed by atoms with Gasteiger partial charge >= 0.3 is 5.97 Å². The van der Waals surface area contributed by atoms with Gasteiger partial charge in [0.25, 0.3) is 0 Å². The largest absolute Gasteiger partial charge is 0.480 e. The first-order chi connectivity index (χ1) is 9.05. The zero-order valence-corrected chi connectivity index (χ0v) is 11.6. The van der Waals surface area contributed by atoms with Crippen molar-refractivity contribution < 1.29 is 14.7 Å². The van der Waals surface area contributed by atoms with Gasteiger partial charge in [0.2, 0.25) is 5.91 Å². The number of carbonyl (C=O) groups excluding carboxylic acids is 1. The Morgan fingerprint density at radius 1 is 1.21 bits per heavy atom. The molecule has 1 amide bonds. The number of rotatable bonds is 4. The Morgan fingerprint density at radius 2 is 1.79 bits per heavy atom. The van der Waals surface area contributed by atoms with Crippen LogP contribution in [0.2, 0.25) is 0 Å². The molecule has 1 saturated carbocycles. The van der Waals surface area contributed by atoms with Crippen LogP contribution >= 0.6 is 0 Å². The average molecular weight is 268 g/mol. The van der Waals surface area contributed by atoms with Gasteiger partial charge in [-0.3, -0.25) is 4.79 Å². The molecule has 2 rings (SSSR count). The van der Waals surface area contributed by atoms with E-state index in [4.69, 9.17) is 0 Å². The number of amides is 1. The van der Waals surface area contributed by atoms with Gasteiger partial charge in [0.1, 0.15) is 5.54 Å². The van der Waals surface area contributed by atoms with Crippen LogP contribution in [0.3, 0.4) is 0 Å². The number of hydrogen-bond donors (Lipinski definition) is 3. The van der Waals surface area contributed by atoms with Crippen molar-refractivity contribution in [2.75, 3.05) is 13.1 Å². The van der Waals surface area contributed by atoms with Crippen molar-refractivity contribution in [2.45, 2.75) is 51.0 Å². The highest BCUT2D eigenvalue weighted by Crippen LogP contribution is 2.28. The fourth-order valence-electron chi connectivity index (χ4n) is 2.95. The first-order valence-electron chi connectivity index (χ1n) is 7.31. The van der Waals surface area contributed by atoms with E-state index >= 15 is 0 Å². The van der Waals surface area contributed by atoms with Crippen LogP contribution in [0.5, 0.6) is 0 Å². The predicted octanol–water partition coefficient (Wildman–Crippen LogP) is 1.14. The second-order valence-electron chi connectivity index (χ2n) is 6.00. The molecular formula is C14H24N2O3. The van der Waals surface area contributed by atoms with E-state index in [0.29, 0.717) is 18.8 Å². The summed E-state index contributed by atoms with van der Waals surface area (Å²) in [6.45, 7) is 3.61. The van der Waals surface area contributed by atoms with Gasteiger partial charge in [0, 0.05) is 5.92 Å². The Hall–Kier alpha value is -1.10. The van der Waals surface area contributed by atoms with Crippen LogP contribution < -0.4 is 10.6 Å². The molecule has 0 aromatic heterocycles. The van der Waals surface area contributed by atoms with E-state index in [2.05, 4.69) is 10.6 Å². The Balaban J connectivity index is 2.02. The maximum Gasteiger partial charge on any atom is 0.329 e. The summed E-state index contributed by atoms with van der Waals surface area (Å²) in [6, 6.07) is 0. The van der Waals surface area contributed by atoms with Gasteiger partial charge in [0.05, 0.1) is 0 Å². The van der Waals surface area contributed by atoms with Crippen LogP contribution in [0, 0.1) is 11.8 Å². The maximum absolute atomic E-state index is 12.3. The van der Waals surface area contributed by atoms with Crippen LogP contribution in [-0.4, -0.2) is 35.6 Å². The van der Waals surface area contributed by atoms with E-state index in [9.17, 15) is 14.7 Å². The lowest BCUT2D eigenvalue weighted by Crippen LogP contribution is -2.58. The molecule has 1 saturated heterocycles. The lowest BCUT2D eigenvalue weighted by Gasteiger charge is -2.35. The molecule has 1 aliphatic carbocycles. The molecule has 1 atom stereocenters. The quantitative estimate of drug-likeness (QED) is 0.668. The third-order valence-corrected chi connectivity index (χ3v) is 4.66. The lowest BCUT2D eigenvalue weighted by atomic mass is 9.85. The van der Waals surface area contributed by atoms with Crippen LogP contribution in [-0.2, 0) is 9.59 Å². The summed E-state index contributed by atoms with van der Waals surface area (Å²) in [5.74, 6) is -0.741. The van der Waals surface area contributed by atoms with Crippen molar-refractivity contribution in [3.8, 4) is 0 Å². The van der Waals surface area contributed by atoms with Crippen molar-refractivity contribution in [1.82, 2.24) is 10.6 Å². The van der Waals surface area contributed by atoms with Crippen molar-refractivity contribution in [3.05, 3.63) is 0 Å². The van der Waals surface area contributed by atoms with E-state index in [1.54, 1.807) is 0 Å². The first kappa shape index (κ1) is 14.3. The van der Waals surface area contributed by atoms with Gasteiger partial charge in [-0.1, -0.05) is 32.6 Å². The lowest BCUT2D eigenvalue weighted by molar-refractivity contribution is -0.149. The minimum Gasteiger partial charge on any atom is -0.480 e. The number of carboxylic acid groups (broad SMARTS) is 1. The van der Waals surface area contributed by atoms with Gasteiger partial charge in [-0.05, 0) is 31.8 Å². The summed E-state index contributed by atoms with van der Waals surface area (Å²) >= 11 is 0. The van der Waals surface area contributed by atoms with Crippen LogP contribution in [0.4, 0.5) is 0 Å². The third kappa shape index (κ3) is 3.08. The molecule has 1 aliphatic heterocycles. The monoisotopic (exact) mass is 268 g/mol. The molecule has 0 radical (unpaired) electrons. The standard InChI is InChI=1S/C14H24N2O3/c1-10(11-8-15-9-11)12(17)16-14(13(18)19)6-4-2-3-5-7-14/h10-11,15H,2-9H2,1H3,(H,16,17)(H,18,19). The number of carboxylic acids is 1. The molecular weight excluding hydrogens is 244 g/mol. The van der Waals surface area contributed by atoms with E-state index in [-0.39, 0.29) is 11.8 Å². The Labute approximate surface area is 114 Å². The van der Waals surface area contributed by atoms with Crippen molar-refractivity contribution in [3.63, 3.8) is 0 Å². The predicted molar refractivity (Wildman–Crippen MR) is 71.7 cm³/mol. The molecule has 5 heteroatoms. The Kier molecular flexibility index (Phi) is 4.45. The van der Waals surface area contributed by atoms with Gasteiger partial charge in [0.15, 0.2) is 0 Å². The molecule has 0 aromatic carbocycles. The van der Waals surface area contributed by atoms with Crippen molar-refractivity contribution >= 4 is 11.9 Å². The topological polar surface area (TPSA) is 78.4 Å². The maximum atomic E-state index is 12.3. The van der Waals surface area contributed by atoms with Gasteiger partial charge in [-0.25, -0.2) is 4.79 Å². The minimum atomic E-state index is -1.03. The van der Waals surface area contributed by atoms with E-state index in [0.717, 1.165) is 38.8 Å². The highest BCUT2D eigenvalue weighted by Gasteiger charge is 2.42. The molecule has 0 spiro atoms. The number of carbonyl (C=O) groups is 2. The van der Waals surface area contributed by atoms with E-state index in [1.807, 2.05) is 6.92 Å². The third-order valence-electron chi connectivity index (χ3n) is 4.66. The number of hydrogen-bond acceptors (Lipinski definition) is 3. The molecule has 2 aliphatic rings. The second kappa shape index (κ2) is 5.90. The number of aliphatic carboxylic acids is 1. The molecule has 3 N–H and O–H groups in total. The van der Waals surface area contributed by atoms with Gasteiger partial charge in [-0.15, -0.1) is 0 Å². The minimum absolute atomic E-state index is 0.101. The normalized spacial score (nSPS) is 24.9. The fourth-order valence-corrected chi connectivity index (χ4v) is 2.95. The zero-order chi connectivity index (χ0) is 13.9. The second-order valence-corrected chi connectivity index (χ2v) is 6.00. The highest BCUT2D eigenvalue weighted by atomic mass is 16.4. The number of nitrogens with one attached hydrogen (secondary N) is 2. The summed E-state index contributed by atoms with van der Waals surface area (Å²) < 4.78 is 0. The Morgan fingerprint density at radius 3 is 2.21 bits per heavy atom. The summed E-state index contributed by atoms with van der Waals surface area (Å²) in [5.41, 5.74) is -1.03. The average Bonchev–Trinajstić information content (AvgIpc) is 2.53. The Bertz CT molecular complexity index is 345. The highest BCUT2D eigenvalue weighted by molar-refractivity contribution is 5.88. The van der Waals surface area contributed by atoms with Gasteiger partial charge < -0.3 is 15.7 Å². The molecule has 0 aromatic rings. The zero-order valence-electron chi connectivity index (χ0n) is 11.6. The van der Waals surface area contributed by atoms with Gasteiger partial charge in [-0.2, -0.15) is 0 Å². The van der Waals surface area contributed by atoms with Crippen LogP contribution in [0.1, 0.15) is 45.4 Å². The summed E-state index contributed by atoms with van der Waals surface area (Å²) in [5, 5.41) is 15.5. The summed E-state index contributed by atoms with van der Waals surface area (Å²) in [4.78, 5) is 23.9. The molecule has 0 bridgehead atoms. The smallest absolute Gasteiger partial charge is 0.329 e. The molecule has 5 nitrogen and oxygen atoms in total. The van der Waals surface area contributed by atoms with Crippen LogP contribution in [0.15, 0.2) is 0 Å². The molecule has 1 heterocycles. The molecule has 108 valence electrons. The molecule has 2 fully saturated rings. The first-order valence-corrected chi connectivity index (χ1v) is 7.31. The molecule has 1 unspecified atom stereocenters. The fraction of sp³-hybridized carbons (Fsp3) is 0.857. The molecule has 19 heavy (non-hydrogen) atoms.